The Labute approximate surface area is 134 Å². The van der Waals surface area contributed by atoms with Crippen LogP contribution in [-0.2, 0) is 0 Å². The zero-order valence-corrected chi connectivity index (χ0v) is 14.4. The first-order valence-electron chi connectivity index (χ1n) is 6.45. The Hall–Kier alpha value is -0.160. The highest BCUT2D eigenvalue weighted by molar-refractivity contribution is 9.11. The van der Waals surface area contributed by atoms with Crippen molar-refractivity contribution in [3.8, 4) is 0 Å². The molecule has 2 aromatic rings. The molecule has 1 aromatic carbocycles. The summed E-state index contributed by atoms with van der Waals surface area (Å²) in [6, 6.07) is 13.2. The number of halogens is 2. The molecular weight excluding hydrogens is 386 g/mol. The van der Waals surface area contributed by atoms with Crippen molar-refractivity contribution in [3.63, 3.8) is 0 Å². The third-order valence-corrected chi connectivity index (χ3v) is 5.97. The van der Waals surface area contributed by atoms with Gasteiger partial charge in [0.1, 0.15) is 0 Å². The van der Waals surface area contributed by atoms with Crippen LogP contribution in [0.1, 0.15) is 28.7 Å². The quantitative estimate of drug-likeness (QED) is 0.736. The van der Waals surface area contributed by atoms with Crippen LogP contribution in [0.3, 0.4) is 0 Å². The molecule has 1 aromatic heterocycles. The fraction of sp³-hybridized carbons (Fsp3) is 0.333. The van der Waals surface area contributed by atoms with Gasteiger partial charge in [0.15, 0.2) is 0 Å². The van der Waals surface area contributed by atoms with E-state index in [1.807, 2.05) is 11.3 Å². The van der Waals surface area contributed by atoms with Gasteiger partial charge in [-0.05, 0) is 58.7 Å². The van der Waals surface area contributed by atoms with Crippen molar-refractivity contribution < 1.29 is 0 Å². The second kappa shape index (κ2) is 6.08. The summed E-state index contributed by atoms with van der Waals surface area (Å²) in [6.45, 7) is 2.18. The maximum atomic E-state index is 3.58. The predicted molar refractivity (Wildman–Crippen MR) is 89.1 cm³/mol. The molecule has 1 aliphatic heterocycles. The Morgan fingerprint density at radius 2 is 2.00 bits per heavy atom. The molecule has 1 nitrogen and oxygen atoms in total. The standard InChI is InChI=1S/C15H15Br2NS/c16-11-3-1-2-10(8-11)13-9-18-7-6-12(13)14-4-5-15(17)19-14/h1-5,8,12-13,18H,6-7,9H2. The molecule has 4 heteroatoms. The molecule has 0 radical (unpaired) electrons. The molecule has 3 rings (SSSR count). The van der Waals surface area contributed by atoms with E-state index >= 15 is 0 Å². The van der Waals surface area contributed by atoms with Gasteiger partial charge in [-0.3, -0.25) is 0 Å². The first-order chi connectivity index (χ1) is 9.24. The monoisotopic (exact) mass is 399 g/mol. The molecule has 1 saturated heterocycles. The molecule has 19 heavy (non-hydrogen) atoms. The zero-order valence-electron chi connectivity index (χ0n) is 10.4. The van der Waals surface area contributed by atoms with Crippen LogP contribution in [-0.4, -0.2) is 13.1 Å². The van der Waals surface area contributed by atoms with Crippen LogP contribution in [0.25, 0.3) is 0 Å². The lowest BCUT2D eigenvalue weighted by Crippen LogP contribution is -2.33. The lowest BCUT2D eigenvalue weighted by atomic mass is 9.80. The lowest BCUT2D eigenvalue weighted by Gasteiger charge is -2.32. The summed E-state index contributed by atoms with van der Waals surface area (Å²) < 4.78 is 2.40. The minimum atomic E-state index is 0.566. The first-order valence-corrected chi connectivity index (χ1v) is 8.86. The van der Waals surface area contributed by atoms with E-state index < -0.39 is 0 Å². The highest BCUT2D eigenvalue weighted by Crippen LogP contribution is 2.41. The van der Waals surface area contributed by atoms with Crippen molar-refractivity contribution in [3.05, 3.63) is 55.1 Å². The second-order valence-electron chi connectivity index (χ2n) is 4.90. The van der Waals surface area contributed by atoms with Gasteiger partial charge in [0, 0.05) is 27.7 Å². The van der Waals surface area contributed by atoms with Gasteiger partial charge in [-0.1, -0.05) is 28.1 Å². The fourth-order valence-corrected chi connectivity index (χ4v) is 4.85. The van der Waals surface area contributed by atoms with E-state index in [1.165, 1.54) is 25.1 Å². The Kier molecular flexibility index (Phi) is 4.42. The van der Waals surface area contributed by atoms with Gasteiger partial charge in [0.05, 0.1) is 3.79 Å². The molecule has 0 bridgehead atoms. The minimum absolute atomic E-state index is 0.566. The number of piperidine rings is 1. The molecular formula is C15H15Br2NS. The van der Waals surface area contributed by atoms with Gasteiger partial charge >= 0.3 is 0 Å². The van der Waals surface area contributed by atoms with Crippen molar-refractivity contribution in [2.75, 3.05) is 13.1 Å². The topological polar surface area (TPSA) is 12.0 Å². The van der Waals surface area contributed by atoms with Crippen LogP contribution >= 0.6 is 43.2 Å². The summed E-state index contributed by atoms with van der Waals surface area (Å²) in [4.78, 5) is 1.50. The van der Waals surface area contributed by atoms with E-state index in [0.29, 0.717) is 11.8 Å². The molecule has 0 amide bonds. The normalized spacial score (nSPS) is 23.5. The van der Waals surface area contributed by atoms with Crippen LogP contribution < -0.4 is 5.32 Å². The average Bonchev–Trinajstić information content (AvgIpc) is 2.85. The number of benzene rings is 1. The van der Waals surface area contributed by atoms with Gasteiger partial charge < -0.3 is 5.32 Å². The lowest BCUT2D eigenvalue weighted by molar-refractivity contribution is 0.408. The van der Waals surface area contributed by atoms with Gasteiger partial charge in [0.2, 0.25) is 0 Å². The van der Waals surface area contributed by atoms with Crippen LogP contribution in [0.5, 0.6) is 0 Å². The van der Waals surface area contributed by atoms with Gasteiger partial charge in [-0.15, -0.1) is 11.3 Å². The first kappa shape index (κ1) is 13.8. The minimum Gasteiger partial charge on any atom is -0.316 e. The number of hydrogen-bond donors (Lipinski definition) is 1. The Balaban J connectivity index is 1.93. The number of thiophene rings is 1. The fourth-order valence-electron chi connectivity index (χ4n) is 2.81. The molecule has 100 valence electrons. The van der Waals surface area contributed by atoms with Crippen molar-refractivity contribution >= 4 is 43.2 Å². The summed E-state index contributed by atoms with van der Waals surface area (Å²) in [5.74, 6) is 1.20. The SMILES string of the molecule is Brc1cccc(C2CNCCC2c2ccc(Br)s2)c1. The summed E-state index contributed by atoms with van der Waals surface area (Å²) in [7, 11) is 0. The molecule has 2 unspecified atom stereocenters. The molecule has 2 heterocycles. The second-order valence-corrected chi connectivity index (χ2v) is 8.31. The van der Waals surface area contributed by atoms with Gasteiger partial charge in [-0.2, -0.15) is 0 Å². The van der Waals surface area contributed by atoms with E-state index in [9.17, 15) is 0 Å². The third-order valence-electron chi connectivity index (χ3n) is 3.72. The van der Waals surface area contributed by atoms with E-state index in [4.69, 9.17) is 0 Å². The summed E-state index contributed by atoms with van der Waals surface area (Å²) in [5.41, 5.74) is 1.43. The van der Waals surface area contributed by atoms with E-state index in [0.717, 1.165) is 13.1 Å². The summed E-state index contributed by atoms with van der Waals surface area (Å²) >= 11 is 9.04. The molecule has 2 atom stereocenters. The number of hydrogen-bond acceptors (Lipinski definition) is 2. The molecule has 1 aliphatic rings. The molecule has 0 spiro atoms. The van der Waals surface area contributed by atoms with E-state index in [2.05, 4.69) is 73.6 Å². The highest BCUT2D eigenvalue weighted by atomic mass is 79.9. The number of nitrogens with one attached hydrogen (secondary N) is 1. The van der Waals surface area contributed by atoms with Gasteiger partial charge in [-0.25, -0.2) is 0 Å². The molecule has 1 fully saturated rings. The third kappa shape index (κ3) is 3.13. The van der Waals surface area contributed by atoms with Crippen LogP contribution in [0, 0.1) is 0 Å². The maximum absolute atomic E-state index is 3.58. The largest absolute Gasteiger partial charge is 0.316 e. The van der Waals surface area contributed by atoms with Gasteiger partial charge in [0.25, 0.3) is 0 Å². The van der Waals surface area contributed by atoms with Crippen LogP contribution in [0.4, 0.5) is 0 Å². The summed E-state index contributed by atoms with van der Waals surface area (Å²) in [5, 5.41) is 3.54. The Bertz CT molecular complexity index is 567. The smallest absolute Gasteiger partial charge is 0.0701 e. The highest BCUT2D eigenvalue weighted by Gasteiger charge is 2.28. The van der Waals surface area contributed by atoms with Crippen molar-refractivity contribution in [1.29, 1.82) is 0 Å². The molecule has 1 N–H and O–H groups in total. The van der Waals surface area contributed by atoms with Crippen LogP contribution in [0.15, 0.2) is 44.7 Å². The zero-order chi connectivity index (χ0) is 13.2. The Morgan fingerprint density at radius 1 is 1.11 bits per heavy atom. The maximum Gasteiger partial charge on any atom is 0.0701 e. The van der Waals surface area contributed by atoms with Crippen LogP contribution in [0.2, 0.25) is 0 Å². The van der Waals surface area contributed by atoms with Crippen molar-refractivity contribution in [2.24, 2.45) is 0 Å². The average molecular weight is 401 g/mol. The van der Waals surface area contributed by atoms with Crippen molar-refractivity contribution in [2.45, 2.75) is 18.3 Å². The summed E-state index contributed by atoms with van der Waals surface area (Å²) in [6.07, 6.45) is 1.21. The predicted octanol–water partition coefficient (Wildman–Crippen LogP) is 5.13. The number of rotatable bonds is 2. The Morgan fingerprint density at radius 3 is 2.74 bits per heavy atom. The van der Waals surface area contributed by atoms with E-state index in [1.54, 1.807) is 0 Å². The molecule has 0 saturated carbocycles. The molecule has 0 aliphatic carbocycles. The van der Waals surface area contributed by atoms with Crippen molar-refractivity contribution in [1.82, 2.24) is 5.32 Å². The van der Waals surface area contributed by atoms with E-state index in [-0.39, 0.29) is 0 Å².